The second-order valence-electron chi connectivity index (χ2n) is 5.63. The smallest absolute Gasteiger partial charge is 0.181 e. The monoisotopic (exact) mass is 275 g/mol. The zero-order valence-electron chi connectivity index (χ0n) is 11.4. The quantitative estimate of drug-likeness (QED) is 0.935. The lowest BCUT2D eigenvalue weighted by Gasteiger charge is -2.30. The average Bonchev–Trinajstić information content (AvgIpc) is 2.77. The SMILES string of the molecule is CC1CCN(CCc2ccc3nc(N)sc3c2)CC1. The van der Waals surface area contributed by atoms with Gasteiger partial charge in [-0.3, -0.25) is 0 Å². The highest BCUT2D eigenvalue weighted by atomic mass is 32.1. The molecule has 1 aromatic carbocycles. The number of nitrogen functional groups attached to an aromatic ring is 1. The van der Waals surface area contributed by atoms with Crippen LogP contribution in [-0.2, 0) is 6.42 Å². The molecule has 0 spiro atoms. The van der Waals surface area contributed by atoms with Gasteiger partial charge in [-0.2, -0.15) is 0 Å². The van der Waals surface area contributed by atoms with E-state index in [9.17, 15) is 0 Å². The molecule has 1 aromatic heterocycles. The lowest BCUT2D eigenvalue weighted by molar-refractivity contribution is 0.194. The number of likely N-dealkylation sites (tertiary alicyclic amines) is 1. The third-order valence-electron chi connectivity index (χ3n) is 4.06. The van der Waals surface area contributed by atoms with Gasteiger partial charge in [-0.05, 0) is 56.0 Å². The molecule has 19 heavy (non-hydrogen) atoms. The van der Waals surface area contributed by atoms with Gasteiger partial charge in [0.25, 0.3) is 0 Å². The van der Waals surface area contributed by atoms with Crippen molar-refractivity contribution in [3.8, 4) is 0 Å². The summed E-state index contributed by atoms with van der Waals surface area (Å²) in [4.78, 5) is 6.89. The Bertz CT molecular complexity index is 556. The van der Waals surface area contributed by atoms with Crippen molar-refractivity contribution in [1.29, 1.82) is 0 Å². The van der Waals surface area contributed by atoms with Crippen molar-refractivity contribution >= 4 is 26.7 Å². The van der Waals surface area contributed by atoms with E-state index in [0.29, 0.717) is 5.13 Å². The maximum absolute atomic E-state index is 5.74. The number of benzene rings is 1. The predicted molar refractivity (Wildman–Crippen MR) is 82.6 cm³/mol. The first-order chi connectivity index (χ1) is 9.20. The molecule has 1 fully saturated rings. The molecule has 2 aromatic rings. The van der Waals surface area contributed by atoms with E-state index in [1.165, 1.54) is 42.7 Å². The van der Waals surface area contributed by atoms with Gasteiger partial charge >= 0.3 is 0 Å². The van der Waals surface area contributed by atoms with Gasteiger partial charge in [0.15, 0.2) is 5.13 Å². The molecule has 102 valence electrons. The molecule has 3 rings (SSSR count). The maximum atomic E-state index is 5.74. The van der Waals surface area contributed by atoms with Crippen molar-refractivity contribution in [2.45, 2.75) is 26.2 Å². The number of fused-ring (bicyclic) bond motifs is 1. The van der Waals surface area contributed by atoms with E-state index < -0.39 is 0 Å². The Morgan fingerprint density at radius 2 is 2.16 bits per heavy atom. The Balaban J connectivity index is 1.61. The van der Waals surface area contributed by atoms with Crippen LogP contribution in [0.3, 0.4) is 0 Å². The number of hydrogen-bond acceptors (Lipinski definition) is 4. The minimum Gasteiger partial charge on any atom is -0.375 e. The topological polar surface area (TPSA) is 42.2 Å². The minimum absolute atomic E-state index is 0.664. The molecule has 2 N–H and O–H groups in total. The number of nitrogens with two attached hydrogens (primary N) is 1. The van der Waals surface area contributed by atoms with Crippen LogP contribution in [0.4, 0.5) is 5.13 Å². The summed E-state index contributed by atoms with van der Waals surface area (Å²) in [5, 5.41) is 0.664. The van der Waals surface area contributed by atoms with Gasteiger partial charge in [0.05, 0.1) is 10.2 Å². The van der Waals surface area contributed by atoms with Crippen LogP contribution in [-0.4, -0.2) is 29.5 Å². The molecule has 0 atom stereocenters. The Kier molecular flexibility index (Phi) is 3.71. The maximum Gasteiger partial charge on any atom is 0.181 e. The lowest BCUT2D eigenvalue weighted by Crippen LogP contribution is -2.34. The van der Waals surface area contributed by atoms with Gasteiger partial charge in [0.2, 0.25) is 0 Å². The zero-order chi connectivity index (χ0) is 13.2. The Hall–Kier alpha value is -1.13. The summed E-state index contributed by atoms with van der Waals surface area (Å²) in [5.74, 6) is 0.910. The Morgan fingerprint density at radius 1 is 1.37 bits per heavy atom. The molecular weight excluding hydrogens is 254 g/mol. The molecule has 1 saturated heterocycles. The fourth-order valence-electron chi connectivity index (χ4n) is 2.72. The minimum atomic E-state index is 0.664. The molecule has 3 nitrogen and oxygen atoms in total. The molecule has 0 unspecified atom stereocenters. The highest BCUT2D eigenvalue weighted by Gasteiger charge is 2.15. The van der Waals surface area contributed by atoms with Crippen molar-refractivity contribution in [3.63, 3.8) is 0 Å². The van der Waals surface area contributed by atoms with E-state index in [-0.39, 0.29) is 0 Å². The molecule has 0 radical (unpaired) electrons. The number of piperidine rings is 1. The van der Waals surface area contributed by atoms with E-state index in [2.05, 4.69) is 35.0 Å². The Morgan fingerprint density at radius 3 is 2.95 bits per heavy atom. The molecule has 1 aliphatic heterocycles. The first kappa shape index (κ1) is 12.9. The number of rotatable bonds is 3. The summed E-state index contributed by atoms with van der Waals surface area (Å²) in [7, 11) is 0. The lowest BCUT2D eigenvalue weighted by atomic mass is 9.99. The van der Waals surface area contributed by atoms with E-state index >= 15 is 0 Å². The van der Waals surface area contributed by atoms with Crippen LogP contribution >= 0.6 is 11.3 Å². The van der Waals surface area contributed by atoms with Crippen molar-refractivity contribution in [2.75, 3.05) is 25.4 Å². The normalized spacial score (nSPS) is 18.2. The van der Waals surface area contributed by atoms with Crippen LogP contribution in [0, 0.1) is 5.92 Å². The van der Waals surface area contributed by atoms with Crippen LogP contribution in [0.25, 0.3) is 10.2 Å². The summed E-state index contributed by atoms with van der Waals surface area (Å²) >= 11 is 1.58. The fourth-order valence-corrected chi connectivity index (χ4v) is 3.51. The Labute approximate surface area is 118 Å². The van der Waals surface area contributed by atoms with E-state index in [1.54, 1.807) is 11.3 Å². The molecule has 0 saturated carbocycles. The van der Waals surface area contributed by atoms with Crippen LogP contribution in [0.15, 0.2) is 18.2 Å². The fraction of sp³-hybridized carbons (Fsp3) is 0.533. The number of hydrogen-bond donors (Lipinski definition) is 1. The molecule has 1 aliphatic rings. The van der Waals surface area contributed by atoms with E-state index in [0.717, 1.165) is 17.9 Å². The van der Waals surface area contributed by atoms with Crippen LogP contribution in [0.2, 0.25) is 0 Å². The number of aromatic nitrogens is 1. The van der Waals surface area contributed by atoms with Crippen molar-refractivity contribution in [3.05, 3.63) is 23.8 Å². The van der Waals surface area contributed by atoms with Gasteiger partial charge in [0.1, 0.15) is 0 Å². The molecule has 4 heteroatoms. The first-order valence-corrected chi connectivity index (χ1v) is 7.89. The van der Waals surface area contributed by atoms with E-state index in [4.69, 9.17) is 5.73 Å². The van der Waals surface area contributed by atoms with Crippen LogP contribution < -0.4 is 5.73 Å². The molecular formula is C15H21N3S. The van der Waals surface area contributed by atoms with Gasteiger partial charge in [-0.1, -0.05) is 24.3 Å². The molecule has 0 bridgehead atoms. The predicted octanol–water partition coefficient (Wildman–Crippen LogP) is 3.15. The first-order valence-electron chi connectivity index (χ1n) is 7.08. The third-order valence-corrected chi connectivity index (χ3v) is 4.91. The van der Waals surface area contributed by atoms with Gasteiger partial charge in [-0.25, -0.2) is 4.98 Å². The highest BCUT2D eigenvalue weighted by molar-refractivity contribution is 7.22. The van der Waals surface area contributed by atoms with E-state index in [1.807, 2.05) is 0 Å². The second kappa shape index (κ2) is 5.47. The van der Waals surface area contributed by atoms with Gasteiger partial charge in [-0.15, -0.1) is 0 Å². The van der Waals surface area contributed by atoms with Gasteiger partial charge in [0, 0.05) is 6.54 Å². The summed E-state index contributed by atoms with van der Waals surface area (Å²) < 4.78 is 1.21. The van der Waals surface area contributed by atoms with Crippen molar-refractivity contribution in [2.24, 2.45) is 5.92 Å². The third kappa shape index (κ3) is 3.07. The summed E-state index contributed by atoms with van der Waals surface area (Å²) in [5.41, 5.74) is 8.17. The number of anilines is 1. The van der Waals surface area contributed by atoms with Crippen molar-refractivity contribution in [1.82, 2.24) is 9.88 Å². The van der Waals surface area contributed by atoms with Gasteiger partial charge < -0.3 is 10.6 Å². The molecule has 0 aliphatic carbocycles. The zero-order valence-corrected chi connectivity index (χ0v) is 12.2. The summed E-state index contributed by atoms with van der Waals surface area (Å²) in [6.07, 6.45) is 3.83. The number of nitrogens with zero attached hydrogens (tertiary/aromatic N) is 2. The largest absolute Gasteiger partial charge is 0.375 e. The molecule has 0 amide bonds. The standard InChI is InChI=1S/C15H21N3S/c1-11-4-7-18(8-5-11)9-6-12-2-3-13-14(10-12)19-15(16)17-13/h2-3,10-11H,4-9H2,1H3,(H2,16,17). The summed E-state index contributed by atoms with van der Waals surface area (Å²) in [6.45, 7) is 6.06. The molecule has 2 heterocycles. The van der Waals surface area contributed by atoms with Crippen molar-refractivity contribution < 1.29 is 0 Å². The second-order valence-corrected chi connectivity index (χ2v) is 6.69. The average molecular weight is 275 g/mol. The number of thiazole rings is 1. The van der Waals surface area contributed by atoms with Crippen LogP contribution in [0.1, 0.15) is 25.3 Å². The highest BCUT2D eigenvalue weighted by Crippen LogP contribution is 2.25. The van der Waals surface area contributed by atoms with Crippen LogP contribution in [0.5, 0.6) is 0 Å². The summed E-state index contributed by atoms with van der Waals surface area (Å²) in [6, 6.07) is 6.53.